The molecule has 2 bridgehead atoms. The largest absolute Gasteiger partial charge is 0.504 e. The highest BCUT2D eigenvalue weighted by atomic mass is 19.4. The molecule has 0 aliphatic carbocycles. The number of pyridine rings is 1. The van der Waals surface area contributed by atoms with E-state index in [1.807, 2.05) is 13.0 Å². The Labute approximate surface area is 155 Å². The van der Waals surface area contributed by atoms with Gasteiger partial charge in [0.15, 0.2) is 11.5 Å². The number of aromatic hydroxyl groups is 1. The van der Waals surface area contributed by atoms with Crippen LogP contribution in [0.4, 0.5) is 19.0 Å². The maximum Gasteiger partial charge on any atom is 0.417 e. The van der Waals surface area contributed by atoms with Crippen molar-refractivity contribution in [1.82, 2.24) is 4.98 Å². The number of phenolic OH excluding ortho intramolecular Hbond substituents is 1. The molecule has 0 spiro atoms. The van der Waals surface area contributed by atoms with Gasteiger partial charge < -0.3 is 14.7 Å². The summed E-state index contributed by atoms with van der Waals surface area (Å²) in [6.07, 6.45) is -0.0516. The van der Waals surface area contributed by atoms with Crippen LogP contribution in [0.25, 0.3) is 0 Å². The molecule has 7 heteroatoms. The van der Waals surface area contributed by atoms with Gasteiger partial charge in [-0.1, -0.05) is 6.07 Å². The molecule has 2 saturated heterocycles. The Balaban J connectivity index is 1.47. The van der Waals surface area contributed by atoms with Crippen LogP contribution in [0.3, 0.4) is 0 Å². The summed E-state index contributed by atoms with van der Waals surface area (Å²) < 4.78 is 44.3. The number of rotatable bonds is 3. The number of phenols is 1. The van der Waals surface area contributed by atoms with Crippen molar-refractivity contribution >= 4 is 5.82 Å². The molecule has 4 rings (SSSR count). The minimum atomic E-state index is -4.37. The molecule has 2 aliphatic rings. The van der Waals surface area contributed by atoms with Crippen LogP contribution in [0.2, 0.25) is 0 Å². The van der Waals surface area contributed by atoms with E-state index in [4.69, 9.17) is 4.74 Å². The van der Waals surface area contributed by atoms with Gasteiger partial charge >= 0.3 is 6.18 Å². The first-order valence-corrected chi connectivity index (χ1v) is 9.09. The smallest absolute Gasteiger partial charge is 0.417 e. The molecule has 2 aliphatic heterocycles. The summed E-state index contributed by atoms with van der Waals surface area (Å²) in [6.45, 7) is 1.90. The molecule has 1 unspecified atom stereocenters. The Bertz CT molecular complexity index is 809. The van der Waals surface area contributed by atoms with E-state index in [9.17, 15) is 18.3 Å². The number of aryl methyl sites for hydroxylation is 1. The van der Waals surface area contributed by atoms with Crippen molar-refractivity contribution < 1.29 is 23.0 Å². The molecule has 27 heavy (non-hydrogen) atoms. The summed E-state index contributed by atoms with van der Waals surface area (Å²) in [4.78, 5) is 6.20. The van der Waals surface area contributed by atoms with E-state index in [2.05, 4.69) is 9.88 Å². The molecular formula is C20H21F3N2O2. The molecule has 4 nitrogen and oxygen atoms in total. The van der Waals surface area contributed by atoms with Gasteiger partial charge in [0.2, 0.25) is 0 Å². The zero-order chi connectivity index (χ0) is 19.2. The van der Waals surface area contributed by atoms with Crippen LogP contribution in [0.5, 0.6) is 11.5 Å². The molecule has 3 atom stereocenters. The van der Waals surface area contributed by atoms with E-state index < -0.39 is 11.7 Å². The average Bonchev–Trinajstić information content (AvgIpc) is 2.87. The molecule has 2 fully saturated rings. The quantitative estimate of drug-likeness (QED) is 0.841. The second kappa shape index (κ2) is 6.62. The maximum atomic E-state index is 12.8. The topological polar surface area (TPSA) is 45.6 Å². The summed E-state index contributed by atoms with van der Waals surface area (Å²) in [5.74, 6) is 1.20. The van der Waals surface area contributed by atoms with Crippen molar-refractivity contribution in [2.75, 3.05) is 4.90 Å². The maximum absolute atomic E-state index is 12.8. The lowest BCUT2D eigenvalue weighted by atomic mass is 9.99. The predicted molar refractivity (Wildman–Crippen MR) is 95.0 cm³/mol. The van der Waals surface area contributed by atoms with Gasteiger partial charge in [-0.05, 0) is 49.6 Å². The number of hydrogen-bond acceptors (Lipinski definition) is 4. The van der Waals surface area contributed by atoms with E-state index in [0.717, 1.165) is 43.5 Å². The molecule has 0 radical (unpaired) electrons. The molecule has 1 aromatic heterocycles. The fraction of sp³-hybridized carbons (Fsp3) is 0.450. The van der Waals surface area contributed by atoms with Crippen molar-refractivity contribution in [3.8, 4) is 11.5 Å². The lowest BCUT2D eigenvalue weighted by Gasteiger charge is -2.39. The summed E-state index contributed by atoms with van der Waals surface area (Å²) in [7, 11) is 0. The summed E-state index contributed by atoms with van der Waals surface area (Å²) >= 11 is 0. The Hall–Kier alpha value is -2.44. The predicted octanol–water partition coefficient (Wildman–Crippen LogP) is 4.69. The Morgan fingerprint density at radius 3 is 2.37 bits per heavy atom. The third-order valence-electron chi connectivity index (χ3n) is 5.44. The van der Waals surface area contributed by atoms with E-state index in [1.165, 1.54) is 6.07 Å². The van der Waals surface area contributed by atoms with Crippen LogP contribution < -0.4 is 9.64 Å². The van der Waals surface area contributed by atoms with Crippen molar-refractivity contribution in [3.63, 3.8) is 0 Å². The van der Waals surface area contributed by atoms with Gasteiger partial charge in [0.25, 0.3) is 0 Å². The van der Waals surface area contributed by atoms with Gasteiger partial charge in [-0.3, -0.25) is 0 Å². The number of alkyl halides is 3. The number of halogens is 3. The second-order valence-corrected chi connectivity index (χ2v) is 7.38. The lowest BCUT2D eigenvalue weighted by Crippen LogP contribution is -2.46. The fourth-order valence-electron chi connectivity index (χ4n) is 4.21. The van der Waals surface area contributed by atoms with Crippen LogP contribution in [0.1, 0.15) is 36.8 Å². The first-order chi connectivity index (χ1) is 12.8. The van der Waals surface area contributed by atoms with E-state index >= 15 is 0 Å². The molecule has 1 aromatic carbocycles. The van der Waals surface area contributed by atoms with Gasteiger partial charge in [0, 0.05) is 31.1 Å². The number of aromatic nitrogens is 1. The first-order valence-electron chi connectivity index (χ1n) is 9.09. The highest BCUT2D eigenvalue weighted by Crippen LogP contribution is 2.41. The van der Waals surface area contributed by atoms with Gasteiger partial charge in [0.1, 0.15) is 11.9 Å². The number of ether oxygens (including phenoxy) is 1. The normalized spacial score (nSPS) is 24.9. The fourth-order valence-corrected chi connectivity index (χ4v) is 4.21. The third kappa shape index (κ3) is 3.55. The summed E-state index contributed by atoms with van der Waals surface area (Å²) in [5, 5.41) is 10.1. The Morgan fingerprint density at radius 2 is 1.81 bits per heavy atom. The van der Waals surface area contributed by atoms with Gasteiger partial charge in [-0.2, -0.15) is 13.2 Å². The van der Waals surface area contributed by atoms with Crippen molar-refractivity contribution in [2.24, 2.45) is 0 Å². The molecule has 2 aromatic rings. The number of benzene rings is 1. The van der Waals surface area contributed by atoms with Crippen molar-refractivity contribution in [3.05, 3.63) is 47.7 Å². The van der Waals surface area contributed by atoms with Crippen LogP contribution in [-0.4, -0.2) is 28.3 Å². The van der Waals surface area contributed by atoms with E-state index in [0.29, 0.717) is 11.6 Å². The first kappa shape index (κ1) is 17.9. The third-order valence-corrected chi connectivity index (χ3v) is 5.44. The SMILES string of the molecule is Cc1ccc(OC2C[C@H]3CC[C@@H](C2)N3c2ccc(C(F)(F)F)cn2)c(O)c1. The zero-order valence-electron chi connectivity index (χ0n) is 14.9. The molecule has 1 N–H and O–H groups in total. The van der Waals surface area contributed by atoms with Gasteiger partial charge in [0.05, 0.1) is 5.56 Å². The average molecular weight is 378 g/mol. The Morgan fingerprint density at radius 1 is 1.11 bits per heavy atom. The number of fused-ring (bicyclic) bond motifs is 2. The van der Waals surface area contributed by atoms with Crippen LogP contribution in [-0.2, 0) is 6.18 Å². The Kier molecular flexibility index (Phi) is 4.40. The monoisotopic (exact) mass is 378 g/mol. The number of anilines is 1. The molecule has 3 heterocycles. The van der Waals surface area contributed by atoms with Crippen LogP contribution in [0.15, 0.2) is 36.5 Å². The number of piperidine rings is 1. The minimum Gasteiger partial charge on any atom is -0.504 e. The number of hydrogen-bond donors (Lipinski definition) is 1. The number of nitrogens with zero attached hydrogens (tertiary/aromatic N) is 2. The highest BCUT2D eigenvalue weighted by Gasteiger charge is 2.42. The van der Waals surface area contributed by atoms with E-state index in [1.54, 1.807) is 12.1 Å². The van der Waals surface area contributed by atoms with Gasteiger partial charge in [-0.15, -0.1) is 0 Å². The van der Waals surface area contributed by atoms with Crippen LogP contribution >= 0.6 is 0 Å². The molecule has 0 amide bonds. The summed E-state index contributed by atoms with van der Waals surface area (Å²) in [5.41, 5.74) is 0.231. The molecular weight excluding hydrogens is 357 g/mol. The van der Waals surface area contributed by atoms with Crippen molar-refractivity contribution in [1.29, 1.82) is 0 Å². The summed E-state index contributed by atoms with van der Waals surface area (Å²) in [6, 6.07) is 8.26. The molecule has 0 saturated carbocycles. The minimum absolute atomic E-state index is 0.0261. The van der Waals surface area contributed by atoms with Gasteiger partial charge in [-0.25, -0.2) is 4.98 Å². The van der Waals surface area contributed by atoms with Crippen LogP contribution in [0, 0.1) is 6.92 Å². The van der Waals surface area contributed by atoms with Crippen molar-refractivity contribution in [2.45, 2.75) is 57.0 Å². The highest BCUT2D eigenvalue weighted by molar-refractivity contribution is 5.45. The second-order valence-electron chi connectivity index (χ2n) is 7.38. The van der Waals surface area contributed by atoms with E-state index in [-0.39, 0.29) is 23.9 Å². The lowest BCUT2D eigenvalue weighted by molar-refractivity contribution is -0.137. The molecule has 144 valence electrons. The zero-order valence-corrected chi connectivity index (χ0v) is 14.9. The standard InChI is InChI=1S/C20H21F3N2O2/c1-12-2-6-18(17(26)8-12)27-16-9-14-4-5-15(10-16)25(14)19-7-3-13(11-24-19)20(21,22)23/h2-3,6-8,11,14-16,26H,4-5,9-10H2,1H3/t14-,15+,16?.